The van der Waals surface area contributed by atoms with Gasteiger partial charge in [-0.2, -0.15) is 0 Å². The number of carbonyl (C=O) groups is 2. The third kappa shape index (κ3) is 4.11. The number of methoxy groups -OCH3 is 2. The Hall–Kier alpha value is -1.97. The van der Waals surface area contributed by atoms with Crippen molar-refractivity contribution in [2.75, 3.05) is 20.0 Å². The number of thioether (sulfide) groups is 1. The minimum Gasteiger partial charge on any atom is -0.493 e. The van der Waals surface area contributed by atoms with Crippen molar-refractivity contribution in [2.24, 2.45) is 5.73 Å². The topological polar surface area (TPSA) is 115 Å². The number of benzene rings is 1. The van der Waals surface area contributed by atoms with Gasteiger partial charge in [-0.15, -0.1) is 11.8 Å². The van der Waals surface area contributed by atoms with Crippen LogP contribution < -0.4 is 31.2 Å². The van der Waals surface area contributed by atoms with Crippen LogP contribution in [0.2, 0.25) is 0 Å². The predicted octanol–water partition coefficient (Wildman–Crippen LogP) is -0.157. The summed E-state index contributed by atoms with van der Waals surface area (Å²) >= 11 is 1.52. The molecule has 1 aromatic rings. The van der Waals surface area contributed by atoms with Gasteiger partial charge >= 0.3 is 0 Å². The van der Waals surface area contributed by atoms with Crippen LogP contribution in [0.3, 0.4) is 0 Å². The lowest BCUT2D eigenvalue weighted by atomic mass is 10.1. The number of ether oxygens (including phenoxy) is 2. The van der Waals surface area contributed by atoms with Crippen molar-refractivity contribution in [3.63, 3.8) is 0 Å². The van der Waals surface area contributed by atoms with Gasteiger partial charge in [0.25, 0.3) is 5.91 Å². The summed E-state index contributed by atoms with van der Waals surface area (Å²) in [6.07, 6.45) is -0.674. The summed E-state index contributed by atoms with van der Waals surface area (Å²) in [5.74, 6) is 1.03. The summed E-state index contributed by atoms with van der Waals surface area (Å²) in [5.41, 5.74) is 6.06. The van der Waals surface area contributed by atoms with Crippen LogP contribution in [0.15, 0.2) is 18.2 Å². The molecule has 5 N–H and O–H groups in total. The van der Waals surface area contributed by atoms with Gasteiger partial charge in [-0.1, -0.05) is 6.92 Å². The maximum absolute atomic E-state index is 12.4. The second-order valence-corrected chi connectivity index (χ2v) is 6.44. The summed E-state index contributed by atoms with van der Waals surface area (Å²) in [4.78, 5) is 24.6. The number of hydrogen-bond donors (Lipinski definition) is 4. The van der Waals surface area contributed by atoms with Crippen LogP contribution in [-0.4, -0.2) is 49.5 Å². The molecular weight excluding hydrogens is 332 g/mol. The van der Waals surface area contributed by atoms with Crippen molar-refractivity contribution in [1.82, 2.24) is 16.0 Å². The summed E-state index contributed by atoms with van der Waals surface area (Å²) in [7, 11) is 3.00. The Labute approximate surface area is 144 Å². The highest BCUT2D eigenvalue weighted by Gasteiger charge is 2.35. The van der Waals surface area contributed by atoms with Gasteiger partial charge in [-0.3, -0.25) is 14.9 Å². The molecule has 2 amide bonds. The van der Waals surface area contributed by atoms with Crippen LogP contribution in [0, 0.1) is 0 Å². The zero-order chi connectivity index (χ0) is 17.7. The van der Waals surface area contributed by atoms with Gasteiger partial charge in [0.1, 0.15) is 11.5 Å². The van der Waals surface area contributed by atoms with Crippen molar-refractivity contribution < 1.29 is 19.1 Å². The first-order chi connectivity index (χ1) is 11.5. The van der Waals surface area contributed by atoms with Crippen molar-refractivity contribution in [2.45, 2.75) is 24.6 Å². The Balaban J connectivity index is 2.08. The molecule has 0 aromatic heterocycles. The van der Waals surface area contributed by atoms with Gasteiger partial charge < -0.3 is 25.8 Å². The lowest BCUT2D eigenvalue weighted by Crippen LogP contribution is -2.70. The number of amides is 2. The number of nitrogens with one attached hydrogen (secondary N) is 3. The molecule has 0 saturated carbocycles. The van der Waals surface area contributed by atoms with Crippen LogP contribution in [-0.2, 0) is 4.79 Å². The standard InChI is InChI=1S/C15H22N4O4S/c1-4-24-15-18-12(16)11(14(21)19-15)17-13(20)8-5-6-9(22-2)10(7-8)23-3/h5-7,11-12,15,18H,4,16H2,1-3H3,(H,17,20)(H,19,21). The van der Waals surface area contributed by atoms with Gasteiger partial charge in [-0.05, 0) is 24.0 Å². The molecule has 3 unspecified atom stereocenters. The number of nitrogens with two attached hydrogens (primary N) is 1. The SMILES string of the molecule is CCSC1NC(=O)C(NC(=O)c2ccc(OC)c(OC)c2)C(N)N1. The summed E-state index contributed by atoms with van der Waals surface area (Å²) in [5, 5.41) is 8.46. The van der Waals surface area contributed by atoms with Gasteiger partial charge in [0.2, 0.25) is 5.91 Å². The van der Waals surface area contributed by atoms with E-state index in [4.69, 9.17) is 15.2 Å². The first kappa shape index (κ1) is 18.4. The largest absolute Gasteiger partial charge is 0.493 e. The van der Waals surface area contributed by atoms with Crippen molar-refractivity contribution in [3.8, 4) is 11.5 Å². The summed E-state index contributed by atoms with van der Waals surface area (Å²) in [6, 6.07) is 3.90. The molecule has 1 aromatic carbocycles. The minimum absolute atomic E-state index is 0.258. The van der Waals surface area contributed by atoms with Crippen LogP contribution in [0.25, 0.3) is 0 Å². The fraction of sp³-hybridized carbons (Fsp3) is 0.467. The van der Waals surface area contributed by atoms with E-state index in [9.17, 15) is 9.59 Å². The fourth-order valence-corrected chi connectivity index (χ4v) is 3.09. The molecule has 1 saturated heterocycles. The van der Waals surface area contributed by atoms with Crippen LogP contribution in [0.5, 0.6) is 11.5 Å². The molecule has 0 radical (unpaired) electrons. The molecule has 132 valence electrons. The van der Waals surface area contributed by atoms with Gasteiger partial charge in [0, 0.05) is 5.56 Å². The maximum atomic E-state index is 12.4. The summed E-state index contributed by atoms with van der Waals surface area (Å²) in [6.45, 7) is 1.98. The third-order valence-electron chi connectivity index (χ3n) is 3.52. The number of hydrogen-bond acceptors (Lipinski definition) is 7. The molecular formula is C15H22N4O4S. The smallest absolute Gasteiger partial charge is 0.252 e. The first-order valence-corrected chi connectivity index (χ1v) is 8.51. The van der Waals surface area contributed by atoms with Gasteiger partial charge in [0.15, 0.2) is 11.5 Å². The Bertz CT molecular complexity index is 613. The average molecular weight is 354 g/mol. The molecule has 3 atom stereocenters. The summed E-state index contributed by atoms with van der Waals surface area (Å²) < 4.78 is 10.3. The molecule has 0 spiro atoms. The van der Waals surface area contributed by atoms with Crippen LogP contribution >= 0.6 is 11.8 Å². The Morgan fingerprint density at radius 1 is 1.33 bits per heavy atom. The highest BCUT2D eigenvalue weighted by Crippen LogP contribution is 2.27. The molecule has 2 rings (SSSR count). The van der Waals surface area contributed by atoms with Crippen LogP contribution in [0.1, 0.15) is 17.3 Å². The van der Waals surface area contributed by atoms with Crippen molar-refractivity contribution >= 4 is 23.6 Å². The normalized spacial score (nSPS) is 23.3. The molecule has 24 heavy (non-hydrogen) atoms. The Morgan fingerprint density at radius 3 is 2.62 bits per heavy atom. The highest BCUT2D eigenvalue weighted by molar-refractivity contribution is 7.99. The van der Waals surface area contributed by atoms with Gasteiger partial charge in [0.05, 0.1) is 20.4 Å². The van der Waals surface area contributed by atoms with E-state index in [1.54, 1.807) is 18.2 Å². The quantitative estimate of drug-likeness (QED) is 0.561. The van der Waals surface area contributed by atoms with E-state index in [2.05, 4.69) is 16.0 Å². The number of rotatable bonds is 6. The second kappa shape index (κ2) is 8.22. The van der Waals surface area contributed by atoms with E-state index >= 15 is 0 Å². The maximum Gasteiger partial charge on any atom is 0.252 e. The monoisotopic (exact) mass is 354 g/mol. The van der Waals surface area contributed by atoms with Gasteiger partial charge in [-0.25, -0.2) is 0 Å². The molecule has 1 aliphatic heterocycles. The zero-order valence-corrected chi connectivity index (χ0v) is 14.6. The predicted molar refractivity (Wildman–Crippen MR) is 92.0 cm³/mol. The Kier molecular flexibility index (Phi) is 6.29. The molecule has 0 bridgehead atoms. The molecule has 1 fully saturated rings. The Morgan fingerprint density at radius 2 is 2.04 bits per heavy atom. The van der Waals surface area contributed by atoms with E-state index in [0.29, 0.717) is 17.1 Å². The van der Waals surface area contributed by atoms with E-state index in [1.807, 2.05) is 6.92 Å². The van der Waals surface area contributed by atoms with Crippen molar-refractivity contribution in [1.29, 1.82) is 0 Å². The van der Waals surface area contributed by atoms with Crippen molar-refractivity contribution in [3.05, 3.63) is 23.8 Å². The average Bonchev–Trinajstić information content (AvgIpc) is 2.57. The fourth-order valence-electron chi connectivity index (χ4n) is 2.31. The molecule has 8 nitrogen and oxygen atoms in total. The zero-order valence-electron chi connectivity index (χ0n) is 13.8. The lowest BCUT2D eigenvalue weighted by Gasteiger charge is -2.35. The van der Waals surface area contributed by atoms with E-state index in [0.717, 1.165) is 5.75 Å². The minimum atomic E-state index is -0.862. The molecule has 9 heteroatoms. The van der Waals surface area contributed by atoms with E-state index in [1.165, 1.54) is 26.0 Å². The first-order valence-electron chi connectivity index (χ1n) is 7.46. The van der Waals surface area contributed by atoms with Crippen LogP contribution in [0.4, 0.5) is 0 Å². The molecule has 0 aliphatic carbocycles. The van der Waals surface area contributed by atoms with E-state index in [-0.39, 0.29) is 11.4 Å². The highest BCUT2D eigenvalue weighted by atomic mass is 32.2. The third-order valence-corrected chi connectivity index (χ3v) is 4.45. The van der Waals surface area contributed by atoms with E-state index < -0.39 is 18.1 Å². The number of carbonyl (C=O) groups excluding carboxylic acids is 2. The molecule has 1 heterocycles. The second-order valence-electron chi connectivity index (χ2n) is 5.06. The lowest BCUT2D eigenvalue weighted by molar-refractivity contribution is -0.125. The molecule has 1 aliphatic rings.